The number of aliphatic hydroxyl groups excluding tert-OH is 1. The van der Waals surface area contributed by atoms with Crippen LogP contribution >= 0.6 is 15.9 Å². The van der Waals surface area contributed by atoms with E-state index in [0.29, 0.717) is 0 Å². The van der Waals surface area contributed by atoms with Gasteiger partial charge in [-0.25, -0.2) is 4.39 Å². The van der Waals surface area contributed by atoms with Crippen LogP contribution in [0.2, 0.25) is 0 Å². The molecule has 0 aliphatic heterocycles. The molecule has 0 heterocycles. The summed E-state index contributed by atoms with van der Waals surface area (Å²) >= 11 is 2.92. The minimum Gasteiger partial charge on any atom is -0.394 e. The fourth-order valence-corrected chi connectivity index (χ4v) is 2.24. The number of hydrogen-bond acceptors (Lipinski definition) is 4. The Bertz CT molecular complexity index is 652. The van der Waals surface area contributed by atoms with Crippen LogP contribution in [0.4, 0.5) is 15.8 Å². The zero-order valence-electron chi connectivity index (χ0n) is 10.8. The van der Waals surface area contributed by atoms with E-state index >= 15 is 0 Å². The molecule has 2 aromatic rings. The number of nitro groups is 1. The van der Waals surface area contributed by atoms with E-state index in [4.69, 9.17) is 0 Å². The quantitative estimate of drug-likeness (QED) is 0.634. The van der Waals surface area contributed by atoms with Gasteiger partial charge in [-0.1, -0.05) is 30.3 Å². The number of nitrogens with one attached hydrogen (secondary N) is 1. The first-order valence-electron chi connectivity index (χ1n) is 6.08. The van der Waals surface area contributed by atoms with E-state index in [1.54, 1.807) is 24.3 Å². The van der Waals surface area contributed by atoms with Gasteiger partial charge in [0.05, 0.1) is 22.0 Å². The number of nitrogens with zero attached hydrogens (tertiary/aromatic N) is 1. The fraction of sp³-hybridized carbons (Fsp3) is 0.143. The Hall–Kier alpha value is -1.99. The van der Waals surface area contributed by atoms with Gasteiger partial charge in [0.25, 0.3) is 5.69 Å². The Morgan fingerprint density at radius 3 is 2.57 bits per heavy atom. The molecule has 5 nitrogen and oxygen atoms in total. The van der Waals surface area contributed by atoms with Crippen molar-refractivity contribution in [2.75, 3.05) is 11.9 Å². The Morgan fingerprint density at radius 1 is 1.33 bits per heavy atom. The molecule has 0 spiro atoms. The normalized spacial score (nSPS) is 12.0. The van der Waals surface area contributed by atoms with Gasteiger partial charge in [0.1, 0.15) is 11.5 Å². The molecule has 0 amide bonds. The maximum Gasteiger partial charge on any atom is 0.293 e. The van der Waals surface area contributed by atoms with Crippen molar-refractivity contribution in [1.82, 2.24) is 0 Å². The smallest absolute Gasteiger partial charge is 0.293 e. The summed E-state index contributed by atoms with van der Waals surface area (Å²) in [5.41, 5.74) is 0.499. The molecule has 0 aliphatic carbocycles. The van der Waals surface area contributed by atoms with Crippen molar-refractivity contribution < 1.29 is 14.4 Å². The Labute approximate surface area is 128 Å². The third-order valence-electron chi connectivity index (χ3n) is 2.95. The Kier molecular flexibility index (Phi) is 4.87. The monoisotopic (exact) mass is 354 g/mol. The third-order valence-corrected chi connectivity index (χ3v) is 3.56. The molecule has 0 saturated carbocycles. The highest BCUT2D eigenvalue weighted by Crippen LogP contribution is 2.32. The molecule has 0 bridgehead atoms. The van der Waals surface area contributed by atoms with Gasteiger partial charge in [-0.2, -0.15) is 0 Å². The maximum atomic E-state index is 13.6. The summed E-state index contributed by atoms with van der Waals surface area (Å²) < 4.78 is 13.6. The molecule has 7 heteroatoms. The number of halogens is 2. The van der Waals surface area contributed by atoms with Crippen LogP contribution in [-0.4, -0.2) is 16.6 Å². The van der Waals surface area contributed by atoms with Crippen LogP contribution in [0.5, 0.6) is 0 Å². The van der Waals surface area contributed by atoms with Crippen molar-refractivity contribution in [3.05, 3.63) is 68.4 Å². The van der Waals surface area contributed by atoms with Gasteiger partial charge in [-0.3, -0.25) is 10.1 Å². The second kappa shape index (κ2) is 6.64. The lowest BCUT2D eigenvalue weighted by Gasteiger charge is -2.18. The van der Waals surface area contributed by atoms with Gasteiger partial charge in [0, 0.05) is 12.1 Å². The lowest BCUT2D eigenvalue weighted by atomic mass is 10.1. The molecule has 2 aromatic carbocycles. The van der Waals surface area contributed by atoms with E-state index in [1.807, 2.05) is 6.07 Å². The van der Waals surface area contributed by atoms with Crippen molar-refractivity contribution in [3.8, 4) is 0 Å². The molecule has 2 N–H and O–H groups in total. The molecule has 0 aromatic heterocycles. The Morgan fingerprint density at radius 2 is 2.00 bits per heavy atom. The lowest BCUT2D eigenvalue weighted by Crippen LogP contribution is -2.15. The van der Waals surface area contributed by atoms with E-state index < -0.39 is 16.8 Å². The standard InChI is InChI=1S/C14H12BrFN2O3/c15-10-6-14(18(20)21)12(7-11(10)16)17-13(8-19)9-4-2-1-3-5-9/h1-7,13,17,19H,8H2. The average molecular weight is 355 g/mol. The summed E-state index contributed by atoms with van der Waals surface area (Å²) in [7, 11) is 0. The summed E-state index contributed by atoms with van der Waals surface area (Å²) in [6.45, 7) is -0.279. The second-order valence-corrected chi connectivity index (χ2v) is 5.19. The summed E-state index contributed by atoms with van der Waals surface area (Å²) in [5, 5.41) is 23.3. The third kappa shape index (κ3) is 3.56. The fourth-order valence-electron chi connectivity index (χ4n) is 1.91. The summed E-state index contributed by atoms with van der Waals surface area (Å²) in [6, 6.07) is 10.5. The van der Waals surface area contributed by atoms with E-state index in [-0.39, 0.29) is 22.5 Å². The van der Waals surface area contributed by atoms with Crippen LogP contribution in [0.1, 0.15) is 11.6 Å². The number of benzene rings is 2. The van der Waals surface area contributed by atoms with Crippen LogP contribution in [0.3, 0.4) is 0 Å². The zero-order chi connectivity index (χ0) is 15.4. The minimum absolute atomic E-state index is 0.0139. The first-order valence-corrected chi connectivity index (χ1v) is 6.88. The number of hydrogen-bond donors (Lipinski definition) is 2. The highest BCUT2D eigenvalue weighted by Gasteiger charge is 2.20. The van der Waals surface area contributed by atoms with Crippen molar-refractivity contribution in [3.63, 3.8) is 0 Å². The Balaban J connectivity index is 2.37. The van der Waals surface area contributed by atoms with Gasteiger partial charge < -0.3 is 10.4 Å². The van der Waals surface area contributed by atoms with Crippen molar-refractivity contribution >= 4 is 27.3 Å². The number of anilines is 1. The van der Waals surface area contributed by atoms with Gasteiger partial charge in [0.15, 0.2) is 0 Å². The van der Waals surface area contributed by atoms with Crippen LogP contribution < -0.4 is 5.32 Å². The first kappa shape index (κ1) is 15.4. The van der Waals surface area contributed by atoms with E-state index in [1.165, 1.54) is 0 Å². The van der Waals surface area contributed by atoms with Gasteiger partial charge in [-0.15, -0.1) is 0 Å². The molecule has 1 atom stereocenters. The topological polar surface area (TPSA) is 75.4 Å². The minimum atomic E-state index is -0.618. The van der Waals surface area contributed by atoms with Crippen molar-refractivity contribution in [2.24, 2.45) is 0 Å². The van der Waals surface area contributed by atoms with Crippen LogP contribution in [-0.2, 0) is 0 Å². The largest absolute Gasteiger partial charge is 0.394 e. The number of rotatable bonds is 5. The molecule has 110 valence electrons. The highest BCUT2D eigenvalue weighted by atomic mass is 79.9. The molecule has 0 fully saturated rings. The molecular formula is C14H12BrFN2O3. The van der Waals surface area contributed by atoms with Gasteiger partial charge in [-0.05, 0) is 21.5 Å². The summed E-state index contributed by atoms with van der Waals surface area (Å²) in [4.78, 5) is 10.4. The summed E-state index contributed by atoms with van der Waals surface area (Å²) in [5.74, 6) is -0.618. The van der Waals surface area contributed by atoms with Crippen LogP contribution in [0, 0.1) is 15.9 Å². The number of nitro benzene ring substituents is 1. The van der Waals surface area contributed by atoms with E-state index in [0.717, 1.165) is 17.7 Å². The molecule has 2 rings (SSSR count). The molecule has 0 radical (unpaired) electrons. The molecule has 1 unspecified atom stereocenters. The average Bonchev–Trinajstić information content (AvgIpc) is 2.48. The van der Waals surface area contributed by atoms with Gasteiger partial charge >= 0.3 is 0 Å². The lowest BCUT2D eigenvalue weighted by molar-refractivity contribution is -0.384. The van der Waals surface area contributed by atoms with Crippen molar-refractivity contribution in [2.45, 2.75) is 6.04 Å². The van der Waals surface area contributed by atoms with E-state index in [9.17, 15) is 19.6 Å². The zero-order valence-corrected chi connectivity index (χ0v) is 12.4. The SMILES string of the molecule is O=[N+]([O-])c1cc(Br)c(F)cc1NC(CO)c1ccccc1. The molecule has 21 heavy (non-hydrogen) atoms. The van der Waals surface area contributed by atoms with Crippen LogP contribution in [0.25, 0.3) is 0 Å². The van der Waals surface area contributed by atoms with Crippen LogP contribution in [0.15, 0.2) is 46.9 Å². The predicted molar refractivity (Wildman–Crippen MR) is 80.6 cm³/mol. The molecule has 0 aliphatic rings. The van der Waals surface area contributed by atoms with Crippen molar-refractivity contribution in [1.29, 1.82) is 0 Å². The second-order valence-electron chi connectivity index (χ2n) is 4.33. The molecular weight excluding hydrogens is 343 g/mol. The highest BCUT2D eigenvalue weighted by molar-refractivity contribution is 9.10. The van der Waals surface area contributed by atoms with E-state index in [2.05, 4.69) is 21.2 Å². The first-order chi connectivity index (χ1) is 10.0. The predicted octanol–water partition coefficient (Wildman–Crippen LogP) is 3.64. The van der Waals surface area contributed by atoms with Gasteiger partial charge in [0.2, 0.25) is 0 Å². The summed E-state index contributed by atoms with van der Waals surface area (Å²) in [6.07, 6.45) is 0. The maximum absolute atomic E-state index is 13.6. The number of aliphatic hydroxyl groups is 1. The molecule has 0 saturated heterocycles.